The first-order chi connectivity index (χ1) is 10.0. The zero-order valence-electron chi connectivity index (χ0n) is 11.3. The number of nitrogens with zero attached hydrogens (tertiary/aromatic N) is 1. The minimum atomic E-state index is -0.381. The first kappa shape index (κ1) is 15.8. The molecule has 0 fully saturated rings. The van der Waals surface area contributed by atoms with Crippen LogP contribution in [-0.4, -0.2) is 4.92 Å². The van der Waals surface area contributed by atoms with E-state index in [1.807, 2.05) is 25.1 Å². The normalized spacial score (nSPS) is 12.0. The quantitative estimate of drug-likeness (QED) is 0.553. The minimum absolute atomic E-state index is 0.0117. The molecule has 2 aromatic carbocycles. The molecule has 0 amide bonds. The number of nitrogens with one attached hydrogen (secondary N) is 1. The molecule has 0 saturated carbocycles. The summed E-state index contributed by atoms with van der Waals surface area (Å²) in [5.41, 5.74) is 1.88. The number of non-ortho nitro benzene ring substituents is 1. The summed E-state index contributed by atoms with van der Waals surface area (Å²) in [7, 11) is 0. The van der Waals surface area contributed by atoms with E-state index in [1.54, 1.807) is 18.2 Å². The molecule has 0 heterocycles. The van der Waals surface area contributed by atoms with Crippen molar-refractivity contribution >= 4 is 38.9 Å². The fourth-order valence-corrected chi connectivity index (χ4v) is 2.87. The van der Waals surface area contributed by atoms with Gasteiger partial charge in [-0.1, -0.05) is 30.7 Å². The van der Waals surface area contributed by atoms with E-state index in [-0.39, 0.29) is 16.7 Å². The van der Waals surface area contributed by atoms with Crippen molar-refractivity contribution in [1.82, 2.24) is 0 Å². The van der Waals surface area contributed by atoms with E-state index in [1.165, 1.54) is 6.07 Å². The fourth-order valence-electron chi connectivity index (χ4n) is 2.07. The predicted octanol–water partition coefficient (Wildman–Crippen LogP) is 5.57. The van der Waals surface area contributed by atoms with Gasteiger partial charge in [0.25, 0.3) is 5.69 Å². The third-order valence-corrected chi connectivity index (χ3v) is 4.04. The average Bonchev–Trinajstić information content (AvgIpc) is 2.46. The molecule has 0 aromatic heterocycles. The second-order valence-corrected chi connectivity index (χ2v) is 5.87. The molecule has 0 spiro atoms. The molecular weight excluding hydrogens is 356 g/mol. The maximum Gasteiger partial charge on any atom is 0.269 e. The number of rotatable bonds is 5. The van der Waals surface area contributed by atoms with E-state index in [0.717, 1.165) is 22.1 Å². The molecule has 0 aliphatic carbocycles. The molecule has 0 radical (unpaired) electrons. The van der Waals surface area contributed by atoms with Gasteiger partial charge >= 0.3 is 0 Å². The molecule has 4 nitrogen and oxygen atoms in total. The Kier molecular flexibility index (Phi) is 5.20. The highest BCUT2D eigenvalue weighted by Gasteiger charge is 2.14. The van der Waals surface area contributed by atoms with Crippen LogP contribution in [-0.2, 0) is 0 Å². The van der Waals surface area contributed by atoms with Gasteiger partial charge in [0.2, 0.25) is 0 Å². The van der Waals surface area contributed by atoms with Gasteiger partial charge in [0.1, 0.15) is 0 Å². The Balaban J connectivity index is 2.27. The van der Waals surface area contributed by atoms with Gasteiger partial charge < -0.3 is 5.32 Å². The minimum Gasteiger partial charge on any atom is -0.377 e. The van der Waals surface area contributed by atoms with E-state index < -0.39 is 0 Å². The highest BCUT2D eigenvalue weighted by Crippen LogP contribution is 2.31. The van der Waals surface area contributed by atoms with Gasteiger partial charge in [0.05, 0.1) is 11.0 Å². The lowest BCUT2D eigenvalue weighted by molar-refractivity contribution is -0.384. The highest BCUT2D eigenvalue weighted by molar-refractivity contribution is 9.10. The van der Waals surface area contributed by atoms with Crippen LogP contribution in [0.1, 0.15) is 24.9 Å². The third-order valence-electron chi connectivity index (χ3n) is 3.15. The Labute approximate surface area is 136 Å². The van der Waals surface area contributed by atoms with Crippen molar-refractivity contribution < 1.29 is 4.92 Å². The molecule has 1 atom stereocenters. The number of hydrogen-bond acceptors (Lipinski definition) is 3. The summed E-state index contributed by atoms with van der Waals surface area (Å²) >= 11 is 9.39. The van der Waals surface area contributed by atoms with Crippen LogP contribution < -0.4 is 5.32 Å². The standard InChI is InChI=1S/C15H14BrClN2O2/c1-2-14(10-4-3-5-12(8-10)19(20)21)18-15-7-6-11(17)9-13(15)16/h3-9,14,18H,2H2,1H3. The van der Waals surface area contributed by atoms with Crippen molar-refractivity contribution in [2.45, 2.75) is 19.4 Å². The monoisotopic (exact) mass is 368 g/mol. The lowest BCUT2D eigenvalue weighted by Crippen LogP contribution is -2.10. The van der Waals surface area contributed by atoms with E-state index >= 15 is 0 Å². The number of benzene rings is 2. The molecule has 0 saturated heterocycles. The molecule has 2 rings (SSSR count). The summed E-state index contributed by atoms with van der Waals surface area (Å²) < 4.78 is 0.860. The van der Waals surface area contributed by atoms with Crippen molar-refractivity contribution in [1.29, 1.82) is 0 Å². The summed E-state index contributed by atoms with van der Waals surface area (Å²) in [6, 6.07) is 12.2. The largest absolute Gasteiger partial charge is 0.377 e. The van der Waals surface area contributed by atoms with E-state index in [2.05, 4.69) is 21.2 Å². The first-order valence-corrected chi connectivity index (χ1v) is 7.64. The molecular formula is C15H14BrClN2O2. The van der Waals surface area contributed by atoms with Crippen molar-refractivity contribution in [3.63, 3.8) is 0 Å². The number of hydrogen-bond donors (Lipinski definition) is 1. The molecule has 2 aromatic rings. The zero-order valence-corrected chi connectivity index (χ0v) is 13.7. The van der Waals surface area contributed by atoms with E-state index in [9.17, 15) is 10.1 Å². The maximum absolute atomic E-state index is 10.9. The Morgan fingerprint density at radius 2 is 2.10 bits per heavy atom. The predicted molar refractivity (Wildman–Crippen MR) is 88.9 cm³/mol. The van der Waals surface area contributed by atoms with Gasteiger partial charge in [0, 0.05) is 27.3 Å². The van der Waals surface area contributed by atoms with Gasteiger partial charge in [-0.15, -0.1) is 0 Å². The summed E-state index contributed by atoms with van der Waals surface area (Å²) in [5.74, 6) is 0. The summed E-state index contributed by atoms with van der Waals surface area (Å²) in [5, 5.41) is 14.9. The van der Waals surface area contributed by atoms with Crippen LogP contribution in [0, 0.1) is 10.1 Å². The Bertz CT molecular complexity index is 664. The van der Waals surface area contributed by atoms with Crippen LogP contribution in [0.5, 0.6) is 0 Å². The molecule has 0 aliphatic rings. The van der Waals surface area contributed by atoms with Gasteiger partial charge in [-0.2, -0.15) is 0 Å². The lowest BCUT2D eigenvalue weighted by atomic mass is 10.0. The smallest absolute Gasteiger partial charge is 0.269 e. The van der Waals surface area contributed by atoms with Crippen LogP contribution in [0.4, 0.5) is 11.4 Å². The average molecular weight is 370 g/mol. The SMILES string of the molecule is CCC(Nc1ccc(Cl)cc1Br)c1cccc([N+](=O)[O-])c1. The van der Waals surface area contributed by atoms with Crippen LogP contribution in [0.25, 0.3) is 0 Å². The van der Waals surface area contributed by atoms with E-state index in [0.29, 0.717) is 5.02 Å². The summed E-state index contributed by atoms with van der Waals surface area (Å²) in [4.78, 5) is 10.5. The van der Waals surface area contributed by atoms with Crippen LogP contribution in [0.2, 0.25) is 5.02 Å². The number of nitro benzene ring substituents is 1. The molecule has 21 heavy (non-hydrogen) atoms. The molecule has 6 heteroatoms. The van der Waals surface area contributed by atoms with Crippen molar-refractivity contribution in [2.75, 3.05) is 5.32 Å². The molecule has 1 N–H and O–H groups in total. The number of nitro groups is 1. The van der Waals surface area contributed by atoms with Gasteiger partial charge in [-0.25, -0.2) is 0 Å². The zero-order chi connectivity index (χ0) is 15.4. The van der Waals surface area contributed by atoms with Crippen LogP contribution in [0.3, 0.4) is 0 Å². The van der Waals surface area contributed by atoms with Crippen LogP contribution >= 0.6 is 27.5 Å². The first-order valence-electron chi connectivity index (χ1n) is 6.47. The van der Waals surface area contributed by atoms with Gasteiger partial charge in [-0.05, 0) is 46.1 Å². The van der Waals surface area contributed by atoms with Crippen molar-refractivity contribution in [3.8, 4) is 0 Å². The molecule has 1 unspecified atom stereocenters. The second-order valence-electron chi connectivity index (χ2n) is 4.58. The van der Waals surface area contributed by atoms with Crippen molar-refractivity contribution in [3.05, 3.63) is 67.6 Å². The highest BCUT2D eigenvalue weighted by atomic mass is 79.9. The fraction of sp³-hybridized carbons (Fsp3) is 0.200. The number of halogens is 2. The van der Waals surface area contributed by atoms with Gasteiger partial charge in [0.15, 0.2) is 0 Å². The van der Waals surface area contributed by atoms with Crippen LogP contribution in [0.15, 0.2) is 46.9 Å². The second kappa shape index (κ2) is 6.91. The Morgan fingerprint density at radius 1 is 1.33 bits per heavy atom. The third kappa shape index (κ3) is 3.95. The molecule has 0 bridgehead atoms. The van der Waals surface area contributed by atoms with Crippen molar-refractivity contribution in [2.24, 2.45) is 0 Å². The molecule has 0 aliphatic heterocycles. The topological polar surface area (TPSA) is 55.2 Å². The van der Waals surface area contributed by atoms with E-state index in [4.69, 9.17) is 11.6 Å². The Hall–Kier alpha value is -1.59. The Morgan fingerprint density at radius 3 is 2.71 bits per heavy atom. The lowest BCUT2D eigenvalue weighted by Gasteiger charge is -2.19. The maximum atomic E-state index is 10.9. The summed E-state index contributed by atoms with van der Waals surface area (Å²) in [6.45, 7) is 2.03. The summed E-state index contributed by atoms with van der Waals surface area (Å²) in [6.07, 6.45) is 0.802. The van der Waals surface area contributed by atoms with Gasteiger partial charge in [-0.3, -0.25) is 10.1 Å². The number of anilines is 1. The molecule has 110 valence electrons.